The molecule has 1 amide bonds. The average Bonchev–Trinajstić information content (AvgIpc) is 2.13. The van der Waals surface area contributed by atoms with Crippen LogP contribution in [0.3, 0.4) is 0 Å². The molecule has 0 spiro atoms. The molecule has 0 saturated heterocycles. The van der Waals surface area contributed by atoms with Crippen LogP contribution in [0.15, 0.2) is 0 Å². The van der Waals surface area contributed by atoms with Crippen molar-refractivity contribution >= 4 is 5.91 Å². The van der Waals surface area contributed by atoms with Crippen LogP contribution in [0, 0.1) is 11.8 Å². The molecular weight excluding hydrogens is 174 g/mol. The number of hydrogen-bond donors (Lipinski definition) is 1. The monoisotopic (exact) mass is 199 g/mol. The predicted octanol–water partition coefficient (Wildman–Crippen LogP) is 2.98. The summed E-state index contributed by atoms with van der Waals surface area (Å²) in [5, 5.41) is 3.01. The lowest BCUT2D eigenvalue weighted by Gasteiger charge is -2.14. The third-order valence-corrected chi connectivity index (χ3v) is 2.52. The summed E-state index contributed by atoms with van der Waals surface area (Å²) in [4.78, 5) is 11.6. The van der Waals surface area contributed by atoms with Gasteiger partial charge in [-0.3, -0.25) is 4.79 Å². The normalized spacial score (nSPS) is 12.9. The number of hydrogen-bond acceptors (Lipinski definition) is 1. The third kappa shape index (κ3) is 6.01. The molecule has 0 aliphatic carbocycles. The van der Waals surface area contributed by atoms with Gasteiger partial charge in [0.2, 0.25) is 5.91 Å². The molecule has 0 aromatic rings. The minimum Gasteiger partial charge on any atom is -0.356 e. The standard InChI is InChI=1S/C12H25NO/c1-5-7-11(6-2)12(14)13-9-8-10(3)4/h10-11H,5-9H2,1-4H3,(H,13,14). The summed E-state index contributed by atoms with van der Waals surface area (Å²) in [5.74, 6) is 1.14. The number of rotatable bonds is 7. The van der Waals surface area contributed by atoms with Crippen molar-refractivity contribution < 1.29 is 4.79 Å². The van der Waals surface area contributed by atoms with Gasteiger partial charge >= 0.3 is 0 Å². The van der Waals surface area contributed by atoms with E-state index in [-0.39, 0.29) is 11.8 Å². The van der Waals surface area contributed by atoms with Crippen molar-refractivity contribution in [3.63, 3.8) is 0 Å². The van der Waals surface area contributed by atoms with Gasteiger partial charge in [0.1, 0.15) is 0 Å². The van der Waals surface area contributed by atoms with Crippen LogP contribution in [0.4, 0.5) is 0 Å². The van der Waals surface area contributed by atoms with Crippen molar-refractivity contribution in [2.75, 3.05) is 6.54 Å². The molecule has 0 aromatic heterocycles. The molecule has 2 nitrogen and oxygen atoms in total. The molecule has 0 fully saturated rings. The van der Waals surface area contributed by atoms with Gasteiger partial charge in [0, 0.05) is 12.5 Å². The van der Waals surface area contributed by atoms with Gasteiger partial charge in [-0.15, -0.1) is 0 Å². The summed E-state index contributed by atoms with van der Waals surface area (Å²) >= 11 is 0. The van der Waals surface area contributed by atoms with Crippen molar-refractivity contribution in [2.24, 2.45) is 11.8 Å². The van der Waals surface area contributed by atoms with E-state index < -0.39 is 0 Å². The molecule has 0 rings (SSSR count). The summed E-state index contributed by atoms with van der Waals surface area (Å²) < 4.78 is 0. The first-order chi connectivity index (χ1) is 6.61. The van der Waals surface area contributed by atoms with Gasteiger partial charge in [-0.25, -0.2) is 0 Å². The van der Waals surface area contributed by atoms with Gasteiger partial charge in [0.25, 0.3) is 0 Å². The Morgan fingerprint density at radius 3 is 2.29 bits per heavy atom. The van der Waals surface area contributed by atoms with Crippen molar-refractivity contribution in [1.29, 1.82) is 0 Å². The van der Waals surface area contributed by atoms with Crippen LogP contribution in [0.25, 0.3) is 0 Å². The molecule has 0 heterocycles. The van der Waals surface area contributed by atoms with Crippen LogP contribution in [-0.4, -0.2) is 12.5 Å². The van der Waals surface area contributed by atoms with Gasteiger partial charge in [0.15, 0.2) is 0 Å². The Kier molecular flexibility index (Phi) is 7.54. The Balaban J connectivity index is 3.69. The van der Waals surface area contributed by atoms with Crippen LogP contribution in [0.2, 0.25) is 0 Å². The van der Waals surface area contributed by atoms with Gasteiger partial charge < -0.3 is 5.32 Å². The van der Waals surface area contributed by atoms with Gasteiger partial charge in [-0.05, 0) is 25.2 Å². The highest BCUT2D eigenvalue weighted by atomic mass is 16.1. The molecule has 1 unspecified atom stereocenters. The Labute approximate surface area is 88.5 Å². The van der Waals surface area contributed by atoms with E-state index in [1.54, 1.807) is 0 Å². The maximum Gasteiger partial charge on any atom is 0.223 e. The minimum atomic E-state index is 0.229. The lowest BCUT2D eigenvalue weighted by Crippen LogP contribution is -2.31. The van der Waals surface area contributed by atoms with E-state index >= 15 is 0 Å². The van der Waals surface area contributed by atoms with Crippen molar-refractivity contribution in [1.82, 2.24) is 5.32 Å². The Morgan fingerprint density at radius 1 is 1.21 bits per heavy atom. The summed E-state index contributed by atoms with van der Waals surface area (Å²) in [6.45, 7) is 9.40. The molecular formula is C12H25NO. The zero-order valence-electron chi connectivity index (χ0n) is 10.1. The number of carbonyl (C=O) groups excluding carboxylic acids is 1. The Hall–Kier alpha value is -0.530. The molecule has 84 valence electrons. The molecule has 0 aliphatic rings. The third-order valence-electron chi connectivity index (χ3n) is 2.52. The van der Waals surface area contributed by atoms with E-state index in [1.165, 1.54) is 0 Å². The Morgan fingerprint density at radius 2 is 1.86 bits per heavy atom. The van der Waals surface area contributed by atoms with E-state index in [0.29, 0.717) is 5.92 Å². The van der Waals surface area contributed by atoms with E-state index in [9.17, 15) is 4.79 Å². The largest absolute Gasteiger partial charge is 0.356 e. The molecule has 14 heavy (non-hydrogen) atoms. The van der Waals surface area contributed by atoms with Crippen molar-refractivity contribution in [2.45, 2.75) is 53.4 Å². The van der Waals surface area contributed by atoms with E-state index in [0.717, 1.165) is 32.2 Å². The maximum atomic E-state index is 11.6. The molecule has 0 radical (unpaired) electrons. The highest BCUT2D eigenvalue weighted by molar-refractivity contribution is 5.78. The fraction of sp³-hybridized carbons (Fsp3) is 0.917. The molecule has 0 aromatic carbocycles. The molecule has 0 saturated carbocycles. The first-order valence-corrected chi connectivity index (χ1v) is 5.89. The van der Waals surface area contributed by atoms with E-state index in [1.807, 2.05) is 0 Å². The van der Waals surface area contributed by atoms with Crippen LogP contribution in [0.1, 0.15) is 53.4 Å². The first-order valence-electron chi connectivity index (χ1n) is 5.89. The van der Waals surface area contributed by atoms with Gasteiger partial charge in [0.05, 0.1) is 0 Å². The molecule has 1 atom stereocenters. The van der Waals surface area contributed by atoms with Crippen LogP contribution < -0.4 is 5.32 Å². The Bertz CT molecular complexity index is 154. The van der Waals surface area contributed by atoms with Crippen LogP contribution in [0.5, 0.6) is 0 Å². The highest BCUT2D eigenvalue weighted by Gasteiger charge is 2.14. The van der Waals surface area contributed by atoms with E-state index in [4.69, 9.17) is 0 Å². The second-order valence-corrected chi connectivity index (χ2v) is 4.37. The zero-order valence-corrected chi connectivity index (χ0v) is 10.1. The second-order valence-electron chi connectivity index (χ2n) is 4.37. The number of amides is 1. The lowest BCUT2D eigenvalue weighted by atomic mass is 10.00. The zero-order chi connectivity index (χ0) is 11.0. The van der Waals surface area contributed by atoms with Crippen molar-refractivity contribution in [3.8, 4) is 0 Å². The maximum absolute atomic E-state index is 11.6. The van der Waals surface area contributed by atoms with Gasteiger partial charge in [-0.1, -0.05) is 34.1 Å². The minimum absolute atomic E-state index is 0.229. The molecule has 0 aliphatic heterocycles. The summed E-state index contributed by atoms with van der Waals surface area (Å²) in [6.07, 6.45) is 4.15. The fourth-order valence-electron chi connectivity index (χ4n) is 1.50. The SMILES string of the molecule is CCCC(CC)C(=O)NCCC(C)C. The quantitative estimate of drug-likeness (QED) is 0.671. The summed E-state index contributed by atoms with van der Waals surface area (Å²) in [7, 11) is 0. The first kappa shape index (κ1) is 13.5. The molecule has 2 heteroatoms. The predicted molar refractivity (Wildman–Crippen MR) is 61.2 cm³/mol. The highest BCUT2D eigenvalue weighted by Crippen LogP contribution is 2.10. The number of carbonyl (C=O) groups is 1. The van der Waals surface area contributed by atoms with E-state index in [2.05, 4.69) is 33.0 Å². The van der Waals surface area contributed by atoms with Gasteiger partial charge in [-0.2, -0.15) is 0 Å². The van der Waals surface area contributed by atoms with Crippen LogP contribution in [-0.2, 0) is 4.79 Å². The summed E-state index contributed by atoms with van der Waals surface area (Å²) in [6, 6.07) is 0. The summed E-state index contributed by atoms with van der Waals surface area (Å²) in [5.41, 5.74) is 0. The smallest absolute Gasteiger partial charge is 0.223 e. The topological polar surface area (TPSA) is 29.1 Å². The second kappa shape index (κ2) is 7.84. The van der Waals surface area contributed by atoms with Crippen LogP contribution >= 0.6 is 0 Å². The lowest BCUT2D eigenvalue weighted by molar-refractivity contribution is -0.125. The molecule has 0 bridgehead atoms. The average molecular weight is 199 g/mol. The fourth-order valence-corrected chi connectivity index (χ4v) is 1.50. The van der Waals surface area contributed by atoms with Crippen molar-refractivity contribution in [3.05, 3.63) is 0 Å². The molecule has 1 N–H and O–H groups in total. The number of nitrogens with one attached hydrogen (secondary N) is 1.